The Morgan fingerprint density at radius 1 is 1.17 bits per heavy atom. The molecule has 0 unspecified atom stereocenters. The van der Waals surface area contributed by atoms with Crippen LogP contribution in [0.5, 0.6) is 0 Å². The first-order valence-electron chi connectivity index (χ1n) is 8.90. The van der Waals surface area contributed by atoms with Crippen molar-refractivity contribution in [1.29, 1.82) is 0 Å². The topological polar surface area (TPSA) is 52.6 Å². The molecule has 2 fully saturated rings. The van der Waals surface area contributed by atoms with E-state index < -0.39 is 0 Å². The van der Waals surface area contributed by atoms with Gasteiger partial charge in [0, 0.05) is 38.4 Å². The molecule has 1 saturated carbocycles. The van der Waals surface area contributed by atoms with Crippen LogP contribution >= 0.6 is 0 Å². The first-order valence-corrected chi connectivity index (χ1v) is 8.90. The molecule has 6 nitrogen and oxygen atoms in total. The molecule has 0 atom stereocenters. The summed E-state index contributed by atoms with van der Waals surface area (Å²) in [6.45, 7) is 8.02. The van der Waals surface area contributed by atoms with Gasteiger partial charge in [-0.15, -0.1) is 0 Å². The second kappa shape index (κ2) is 6.07. The Bertz CT molecular complexity index is 591. The van der Waals surface area contributed by atoms with Gasteiger partial charge >= 0.3 is 0 Å². The van der Waals surface area contributed by atoms with E-state index in [9.17, 15) is 4.79 Å². The second-order valence-electron chi connectivity index (χ2n) is 6.82. The number of fused-ring (bicyclic) bond motifs is 1. The number of rotatable bonds is 3. The highest BCUT2D eigenvalue weighted by molar-refractivity contribution is 5.97. The maximum Gasteiger partial charge on any atom is 0.257 e. The molecule has 1 saturated heterocycles. The van der Waals surface area contributed by atoms with Gasteiger partial charge in [-0.2, -0.15) is 0 Å². The standard InChI is InChI=1S/C17H25N5O/c1-2-20-7-9-21(10-8-20)17-18-11-14-15(19-17)12-22(16(14)23)13-5-3-4-6-13/h11,13H,2-10,12H2,1H3. The zero-order valence-corrected chi connectivity index (χ0v) is 13.9. The van der Waals surface area contributed by atoms with Crippen LogP contribution in [0.3, 0.4) is 0 Å². The summed E-state index contributed by atoms with van der Waals surface area (Å²) in [6, 6.07) is 0.410. The molecule has 6 heteroatoms. The molecule has 1 aromatic rings. The molecule has 0 N–H and O–H groups in total. The van der Waals surface area contributed by atoms with Gasteiger partial charge in [-0.1, -0.05) is 19.8 Å². The molecule has 1 aromatic heterocycles. The van der Waals surface area contributed by atoms with Crippen molar-refractivity contribution in [3.8, 4) is 0 Å². The summed E-state index contributed by atoms with van der Waals surface area (Å²) in [5.41, 5.74) is 1.64. The number of carbonyl (C=O) groups excluding carboxylic acids is 1. The minimum Gasteiger partial charge on any atom is -0.338 e. The molecule has 0 bridgehead atoms. The van der Waals surface area contributed by atoms with E-state index in [2.05, 4.69) is 21.7 Å². The number of nitrogens with zero attached hydrogens (tertiary/aromatic N) is 5. The molecule has 3 heterocycles. The average molecular weight is 315 g/mol. The summed E-state index contributed by atoms with van der Waals surface area (Å²) in [5.74, 6) is 0.926. The third kappa shape index (κ3) is 2.69. The summed E-state index contributed by atoms with van der Waals surface area (Å²) in [6.07, 6.45) is 6.51. The Kier molecular flexibility index (Phi) is 3.93. The van der Waals surface area contributed by atoms with E-state index >= 15 is 0 Å². The first-order chi connectivity index (χ1) is 11.3. The van der Waals surface area contributed by atoms with E-state index in [-0.39, 0.29) is 5.91 Å². The largest absolute Gasteiger partial charge is 0.338 e. The minimum atomic E-state index is 0.134. The van der Waals surface area contributed by atoms with Crippen molar-refractivity contribution >= 4 is 11.9 Å². The number of amides is 1. The Morgan fingerprint density at radius 2 is 1.91 bits per heavy atom. The number of piperazine rings is 1. The molecular weight excluding hydrogens is 290 g/mol. The second-order valence-corrected chi connectivity index (χ2v) is 6.82. The summed E-state index contributed by atoms with van der Waals surface area (Å²) in [4.78, 5) is 28.5. The monoisotopic (exact) mass is 315 g/mol. The molecule has 0 radical (unpaired) electrons. The molecular formula is C17H25N5O. The van der Waals surface area contributed by atoms with Gasteiger partial charge in [0.1, 0.15) is 0 Å². The number of carbonyl (C=O) groups is 1. The van der Waals surface area contributed by atoms with Crippen molar-refractivity contribution in [3.05, 3.63) is 17.5 Å². The molecule has 23 heavy (non-hydrogen) atoms. The Labute approximate surface area is 137 Å². The molecule has 1 aliphatic carbocycles. The smallest absolute Gasteiger partial charge is 0.257 e. The van der Waals surface area contributed by atoms with E-state index in [1.165, 1.54) is 12.8 Å². The summed E-state index contributed by atoms with van der Waals surface area (Å²) in [5, 5.41) is 0. The highest BCUT2D eigenvalue weighted by Gasteiger charge is 2.35. The Hall–Kier alpha value is -1.69. The maximum absolute atomic E-state index is 12.6. The number of hydrogen-bond donors (Lipinski definition) is 0. The van der Waals surface area contributed by atoms with Crippen LogP contribution < -0.4 is 4.90 Å². The van der Waals surface area contributed by atoms with Crippen LogP contribution in [0.4, 0.5) is 5.95 Å². The fourth-order valence-electron chi connectivity index (χ4n) is 4.02. The van der Waals surface area contributed by atoms with Gasteiger partial charge in [0.05, 0.1) is 17.8 Å². The van der Waals surface area contributed by atoms with Crippen molar-refractivity contribution in [2.75, 3.05) is 37.6 Å². The van der Waals surface area contributed by atoms with Crippen molar-refractivity contribution in [2.24, 2.45) is 0 Å². The summed E-state index contributed by atoms with van der Waals surface area (Å²) < 4.78 is 0. The molecule has 0 aromatic carbocycles. The predicted octanol–water partition coefficient (Wildman–Crippen LogP) is 1.52. The van der Waals surface area contributed by atoms with Crippen molar-refractivity contribution in [3.63, 3.8) is 0 Å². The van der Waals surface area contributed by atoms with Crippen LogP contribution in [0.15, 0.2) is 6.20 Å². The normalized spacial score (nSPS) is 22.9. The third-order valence-corrected chi connectivity index (χ3v) is 5.53. The highest BCUT2D eigenvalue weighted by Crippen LogP contribution is 2.31. The van der Waals surface area contributed by atoms with Gasteiger partial charge in [0.15, 0.2) is 0 Å². The van der Waals surface area contributed by atoms with Gasteiger partial charge in [-0.05, 0) is 19.4 Å². The van der Waals surface area contributed by atoms with Crippen LogP contribution in [0.25, 0.3) is 0 Å². The highest BCUT2D eigenvalue weighted by atomic mass is 16.2. The quantitative estimate of drug-likeness (QED) is 0.846. The molecule has 124 valence electrons. The van der Waals surface area contributed by atoms with E-state index in [4.69, 9.17) is 4.98 Å². The van der Waals surface area contributed by atoms with Gasteiger partial charge in [-0.25, -0.2) is 9.97 Å². The number of aromatic nitrogens is 2. The SMILES string of the molecule is CCN1CCN(c2ncc3c(n2)CN(C2CCCC2)C3=O)CC1. The zero-order chi connectivity index (χ0) is 15.8. The Morgan fingerprint density at radius 3 is 2.61 bits per heavy atom. The summed E-state index contributed by atoms with van der Waals surface area (Å²) in [7, 11) is 0. The van der Waals surface area contributed by atoms with Crippen LogP contribution in [-0.4, -0.2) is 64.4 Å². The lowest BCUT2D eigenvalue weighted by molar-refractivity contribution is 0.0706. The van der Waals surface area contributed by atoms with Crippen LogP contribution in [0.1, 0.15) is 48.7 Å². The van der Waals surface area contributed by atoms with Crippen molar-refractivity contribution in [1.82, 2.24) is 19.8 Å². The average Bonchev–Trinajstić information content (AvgIpc) is 3.23. The van der Waals surface area contributed by atoms with Crippen LogP contribution in [0.2, 0.25) is 0 Å². The van der Waals surface area contributed by atoms with E-state index in [1.807, 2.05) is 4.90 Å². The van der Waals surface area contributed by atoms with Crippen molar-refractivity contribution < 1.29 is 4.79 Å². The molecule has 1 amide bonds. The molecule has 3 aliphatic rings. The van der Waals surface area contributed by atoms with Crippen LogP contribution in [-0.2, 0) is 6.54 Å². The van der Waals surface area contributed by atoms with E-state index in [0.29, 0.717) is 18.2 Å². The Balaban J connectivity index is 1.50. The van der Waals surface area contributed by atoms with Gasteiger partial charge in [0.25, 0.3) is 5.91 Å². The summed E-state index contributed by atoms with van der Waals surface area (Å²) >= 11 is 0. The molecule has 4 rings (SSSR count). The fourth-order valence-corrected chi connectivity index (χ4v) is 4.02. The maximum atomic E-state index is 12.6. The van der Waals surface area contributed by atoms with Gasteiger partial charge < -0.3 is 14.7 Å². The third-order valence-electron chi connectivity index (χ3n) is 5.53. The molecule has 0 spiro atoms. The predicted molar refractivity (Wildman–Crippen MR) is 88.5 cm³/mol. The molecule has 2 aliphatic heterocycles. The van der Waals surface area contributed by atoms with Gasteiger partial charge in [-0.3, -0.25) is 4.79 Å². The number of hydrogen-bond acceptors (Lipinski definition) is 5. The minimum absolute atomic E-state index is 0.134. The first kappa shape index (κ1) is 14.9. The van der Waals surface area contributed by atoms with Crippen LogP contribution in [0, 0.1) is 0 Å². The fraction of sp³-hybridized carbons (Fsp3) is 0.706. The zero-order valence-electron chi connectivity index (χ0n) is 13.9. The number of likely N-dealkylation sites (N-methyl/N-ethyl adjacent to an activating group) is 1. The number of anilines is 1. The van der Waals surface area contributed by atoms with E-state index in [1.54, 1.807) is 6.20 Å². The van der Waals surface area contributed by atoms with Gasteiger partial charge in [0.2, 0.25) is 5.95 Å². The lowest BCUT2D eigenvalue weighted by atomic mass is 10.2. The lowest BCUT2D eigenvalue weighted by Crippen LogP contribution is -2.46. The van der Waals surface area contributed by atoms with E-state index in [0.717, 1.165) is 57.2 Å². The van der Waals surface area contributed by atoms with Crippen molar-refractivity contribution in [2.45, 2.75) is 45.2 Å². The lowest BCUT2D eigenvalue weighted by Gasteiger charge is -2.34.